The van der Waals surface area contributed by atoms with Gasteiger partial charge in [-0.2, -0.15) is 0 Å². The Labute approximate surface area is 162 Å². The first kappa shape index (κ1) is 22.0. The number of hydrogen-bond acceptors (Lipinski definition) is 2. The lowest BCUT2D eigenvalue weighted by atomic mass is 10.1. The molecule has 0 aliphatic carbocycles. The third-order valence-corrected chi connectivity index (χ3v) is 4.41. The number of nitrogens with one attached hydrogen (secondary N) is 1. The quantitative estimate of drug-likeness (QED) is 0.438. The Kier molecular flexibility index (Phi) is 9.82. The van der Waals surface area contributed by atoms with Gasteiger partial charge >= 0.3 is 5.97 Å². The minimum Gasteiger partial charge on any atom is -0.478 e. The molecule has 0 amide bonds. The van der Waals surface area contributed by atoms with E-state index in [1.807, 2.05) is 0 Å². The molecule has 0 aliphatic heterocycles. The predicted molar refractivity (Wildman–Crippen MR) is 112 cm³/mol. The van der Waals surface area contributed by atoms with Gasteiger partial charge in [0.2, 0.25) is 0 Å². The molecule has 0 spiro atoms. The van der Waals surface area contributed by atoms with Crippen molar-refractivity contribution in [3.63, 3.8) is 0 Å². The summed E-state index contributed by atoms with van der Waals surface area (Å²) in [5.74, 6) is -1.02. The fourth-order valence-corrected chi connectivity index (χ4v) is 2.68. The summed E-state index contributed by atoms with van der Waals surface area (Å²) < 4.78 is 0. The number of carboxylic acids is 1. The van der Waals surface area contributed by atoms with E-state index in [2.05, 4.69) is 51.2 Å². The van der Waals surface area contributed by atoms with Gasteiger partial charge < -0.3 is 10.4 Å². The fourth-order valence-electron chi connectivity index (χ4n) is 2.48. The van der Waals surface area contributed by atoms with E-state index in [0.29, 0.717) is 6.54 Å². The van der Waals surface area contributed by atoms with Crippen molar-refractivity contribution >= 4 is 23.3 Å². The molecule has 4 heteroatoms. The number of carbonyl (C=O) groups is 1. The molecule has 1 aromatic rings. The first-order chi connectivity index (χ1) is 12.3. The number of benzene rings is 1. The zero-order valence-corrected chi connectivity index (χ0v) is 17.0. The standard InChI is InChI=1S/C22H30ClNO2/c1-16(2)7-5-8-17(3)9-6-10-18(4)13-14-24-19-11-12-21(23)20(15-19)22(25)26/h7,9,11-13,15,24H,5-6,8,10,14H2,1-4H3,(H,25,26)/b17-9+,18-13+. The molecule has 0 saturated carbocycles. The minimum absolute atomic E-state index is 0.117. The van der Waals surface area contributed by atoms with Crippen LogP contribution in [-0.4, -0.2) is 17.6 Å². The summed E-state index contributed by atoms with van der Waals surface area (Å²) in [6.07, 6.45) is 11.1. The molecule has 0 radical (unpaired) electrons. The Balaban J connectivity index is 2.41. The highest BCUT2D eigenvalue weighted by Crippen LogP contribution is 2.20. The van der Waals surface area contributed by atoms with Crippen LogP contribution in [0.3, 0.4) is 0 Å². The number of anilines is 1. The van der Waals surface area contributed by atoms with Gasteiger partial charge in [0.15, 0.2) is 0 Å². The third kappa shape index (κ3) is 8.91. The van der Waals surface area contributed by atoms with Crippen LogP contribution in [-0.2, 0) is 0 Å². The molecule has 0 aliphatic rings. The smallest absolute Gasteiger partial charge is 0.337 e. The van der Waals surface area contributed by atoms with Gasteiger partial charge in [-0.1, -0.05) is 46.5 Å². The highest BCUT2D eigenvalue weighted by atomic mass is 35.5. The second-order valence-electron chi connectivity index (χ2n) is 6.84. The van der Waals surface area contributed by atoms with Crippen LogP contribution in [0.25, 0.3) is 0 Å². The molecule has 0 atom stereocenters. The number of halogens is 1. The Morgan fingerprint density at radius 3 is 2.27 bits per heavy atom. The maximum atomic E-state index is 11.1. The van der Waals surface area contributed by atoms with E-state index in [4.69, 9.17) is 16.7 Å². The summed E-state index contributed by atoms with van der Waals surface area (Å²) in [5.41, 5.74) is 5.01. The Hall–Kier alpha value is -2.00. The summed E-state index contributed by atoms with van der Waals surface area (Å²) in [7, 11) is 0. The molecular weight excluding hydrogens is 346 g/mol. The summed E-state index contributed by atoms with van der Waals surface area (Å²) >= 11 is 5.88. The fraction of sp³-hybridized carbons (Fsp3) is 0.409. The van der Waals surface area contributed by atoms with Crippen molar-refractivity contribution < 1.29 is 9.90 Å². The van der Waals surface area contributed by atoms with Gasteiger partial charge in [-0.05, 0) is 71.6 Å². The highest BCUT2D eigenvalue weighted by molar-refractivity contribution is 6.33. The number of carboxylic acid groups (broad SMARTS) is 1. The van der Waals surface area contributed by atoms with Crippen molar-refractivity contribution in [1.29, 1.82) is 0 Å². The van der Waals surface area contributed by atoms with Crippen LogP contribution < -0.4 is 5.32 Å². The van der Waals surface area contributed by atoms with Gasteiger partial charge in [0, 0.05) is 12.2 Å². The summed E-state index contributed by atoms with van der Waals surface area (Å²) in [4.78, 5) is 11.1. The molecule has 26 heavy (non-hydrogen) atoms. The largest absolute Gasteiger partial charge is 0.478 e. The molecule has 0 fully saturated rings. The lowest BCUT2D eigenvalue weighted by molar-refractivity contribution is 0.0697. The maximum Gasteiger partial charge on any atom is 0.337 e. The van der Waals surface area contributed by atoms with Crippen molar-refractivity contribution in [2.45, 2.75) is 53.4 Å². The van der Waals surface area contributed by atoms with E-state index in [9.17, 15) is 4.79 Å². The minimum atomic E-state index is -1.02. The average Bonchev–Trinajstić information content (AvgIpc) is 2.55. The molecule has 0 saturated heterocycles. The van der Waals surface area contributed by atoms with E-state index in [1.165, 1.54) is 16.7 Å². The van der Waals surface area contributed by atoms with Crippen LogP contribution in [0.1, 0.15) is 63.7 Å². The first-order valence-corrected chi connectivity index (χ1v) is 9.38. The first-order valence-electron chi connectivity index (χ1n) is 9.01. The number of aromatic carboxylic acids is 1. The van der Waals surface area contributed by atoms with Crippen LogP contribution >= 0.6 is 11.6 Å². The Morgan fingerprint density at radius 2 is 1.65 bits per heavy atom. The van der Waals surface area contributed by atoms with Gasteiger partial charge in [-0.3, -0.25) is 0 Å². The van der Waals surface area contributed by atoms with Crippen molar-refractivity contribution in [1.82, 2.24) is 0 Å². The van der Waals surface area contributed by atoms with Gasteiger partial charge in [0.05, 0.1) is 10.6 Å². The zero-order chi connectivity index (χ0) is 19.5. The third-order valence-electron chi connectivity index (χ3n) is 4.08. The van der Waals surface area contributed by atoms with Crippen LogP contribution in [0.4, 0.5) is 5.69 Å². The number of rotatable bonds is 10. The van der Waals surface area contributed by atoms with Crippen molar-refractivity contribution in [2.24, 2.45) is 0 Å². The lowest BCUT2D eigenvalue weighted by Gasteiger charge is -2.07. The van der Waals surface area contributed by atoms with Gasteiger partial charge in [0.1, 0.15) is 0 Å². The molecule has 1 rings (SSSR count). The Morgan fingerprint density at radius 1 is 1.04 bits per heavy atom. The molecule has 0 bridgehead atoms. The average molecular weight is 376 g/mol. The molecule has 3 nitrogen and oxygen atoms in total. The van der Waals surface area contributed by atoms with Crippen molar-refractivity contribution in [3.8, 4) is 0 Å². The Bertz CT molecular complexity index is 698. The summed E-state index contributed by atoms with van der Waals surface area (Å²) in [5, 5.41) is 12.6. The van der Waals surface area contributed by atoms with E-state index < -0.39 is 5.97 Å². The van der Waals surface area contributed by atoms with Gasteiger partial charge in [-0.25, -0.2) is 4.79 Å². The van der Waals surface area contributed by atoms with Crippen LogP contribution in [0.5, 0.6) is 0 Å². The van der Waals surface area contributed by atoms with Gasteiger partial charge in [0.25, 0.3) is 0 Å². The SMILES string of the molecule is CC(C)=CCC/C(C)=C/CC/C(C)=C/CNc1ccc(Cl)c(C(=O)O)c1. The second-order valence-corrected chi connectivity index (χ2v) is 7.25. The second kappa shape index (κ2) is 11.6. The molecule has 0 aromatic heterocycles. The normalized spacial score (nSPS) is 12.0. The molecule has 0 unspecified atom stereocenters. The monoisotopic (exact) mass is 375 g/mol. The van der Waals surface area contributed by atoms with E-state index in [0.717, 1.165) is 31.4 Å². The molecule has 2 N–H and O–H groups in total. The molecule has 1 aromatic carbocycles. The topological polar surface area (TPSA) is 49.3 Å². The van der Waals surface area contributed by atoms with Crippen LogP contribution in [0, 0.1) is 0 Å². The lowest BCUT2D eigenvalue weighted by Crippen LogP contribution is -2.03. The highest BCUT2D eigenvalue weighted by Gasteiger charge is 2.08. The van der Waals surface area contributed by atoms with Crippen LogP contribution in [0.2, 0.25) is 5.02 Å². The van der Waals surface area contributed by atoms with Crippen molar-refractivity contribution in [2.75, 3.05) is 11.9 Å². The summed E-state index contributed by atoms with van der Waals surface area (Å²) in [6, 6.07) is 4.95. The van der Waals surface area contributed by atoms with E-state index in [-0.39, 0.29) is 10.6 Å². The number of allylic oxidation sites excluding steroid dienone is 5. The van der Waals surface area contributed by atoms with Crippen molar-refractivity contribution in [3.05, 3.63) is 63.7 Å². The van der Waals surface area contributed by atoms with Gasteiger partial charge in [-0.15, -0.1) is 0 Å². The molecule has 142 valence electrons. The van der Waals surface area contributed by atoms with E-state index in [1.54, 1.807) is 18.2 Å². The maximum absolute atomic E-state index is 11.1. The molecular formula is C22H30ClNO2. The van der Waals surface area contributed by atoms with Crippen LogP contribution in [0.15, 0.2) is 53.1 Å². The predicted octanol–water partition coefficient (Wildman–Crippen LogP) is 6.87. The van der Waals surface area contributed by atoms with E-state index >= 15 is 0 Å². The summed E-state index contributed by atoms with van der Waals surface area (Å²) in [6.45, 7) is 9.25. The number of hydrogen-bond donors (Lipinski definition) is 2. The molecule has 0 heterocycles. The zero-order valence-electron chi connectivity index (χ0n) is 16.2.